The molecule has 4 heterocycles. The van der Waals surface area contributed by atoms with Crippen molar-refractivity contribution in [1.82, 2.24) is 0 Å². The zero-order chi connectivity index (χ0) is 73.8. The fourth-order valence-electron chi connectivity index (χ4n) is 23.9. The quantitative estimate of drug-likeness (QED) is 0.112. The number of benzene rings is 12. The molecule has 0 radical (unpaired) electrons. The average Bonchev–Trinajstić information content (AvgIpc) is 1.32. The molecule has 0 spiro atoms. The number of nitrogens with zero attached hydrogens (tertiary/aromatic N) is 8. The number of rotatable bonds is 8. The van der Waals surface area contributed by atoms with Crippen molar-refractivity contribution in [3.8, 4) is 56.6 Å². The van der Waals surface area contributed by atoms with Gasteiger partial charge >= 0.3 is 0 Å². The first-order valence-corrected chi connectivity index (χ1v) is 39.8. The molecule has 4 aliphatic heterocycles. The molecule has 0 N–H and O–H groups in total. The second-order valence-corrected chi connectivity index (χ2v) is 35.1. The molecule has 8 aliphatic rings. The Morgan fingerprint density at radius 3 is 0.750 bits per heavy atom. The number of fused-ring (bicyclic) bond motifs is 12. The van der Waals surface area contributed by atoms with Gasteiger partial charge in [0.05, 0.1) is 58.6 Å². The van der Waals surface area contributed by atoms with Crippen molar-refractivity contribution in [2.24, 2.45) is 0 Å². The normalized spacial score (nSPS) is 27.0. The second-order valence-electron chi connectivity index (χ2n) is 35.1. The third kappa shape index (κ3) is 8.64. The smallest absolute Gasteiger partial charge is 0.187 e. The summed E-state index contributed by atoms with van der Waals surface area (Å²) in [5.41, 5.74) is 26.2. The summed E-state index contributed by atoms with van der Waals surface area (Å²) in [6.45, 7) is 36.0. The van der Waals surface area contributed by atoms with Gasteiger partial charge in [-0.05, 0) is 312 Å². The molecular formula is C100H90N8. The van der Waals surface area contributed by atoms with Gasteiger partial charge in [0.1, 0.15) is 0 Å². The van der Waals surface area contributed by atoms with Crippen LogP contribution in [0.5, 0.6) is 0 Å². The SMILES string of the molecule is [C-]#[N+]c1ccc(N2c3ccc(-c4cc(-c5ccc6c(c5)C5(C)CCCCC5(C)N6c5ccc(C#N)cc5)c5ccc6c(-c7ccc8c(c7)C7(C)CCCCC7(C)N8c7ccc(C#N)cc7)cc(-c7ccc8c(c7)C7(C)CCCCC7(C)N8c7ccc([N+]#[C-])cc7)c7ccc4c5c67)cc3C3(C)CCCCC23C)cc1. The highest BCUT2D eigenvalue weighted by Crippen LogP contribution is 2.67. The minimum Gasteiger partial charge on any atom is -0.335 e. The van der Waals surface area contributed by atoms with E-state index < -0.39 is 0 Å². The van der Waals surface area contributed by atoms with Gasteiger partial charge in [0.2, 0.25) is 0 Å². The first-order valence-electron chi connectivity index (χ1n) is 39.8. The van der Waals surface area contributed by atoms with Crippen LogP contribution in [0.4, 0.5) is 56.9 Å². The highest BCUT2D eigenvalue weighted by Gasteiger charge is 2.62. The van der Waals surface area contributed by atoms with Gasteiger partial charge < -0.3 is 19.6 Å². The Morgan fingerprint density at radius 2 is 0.519 bits per heavy atom. The van der Waals surface area contributed by atoms with Gasteiger partial charge in [0, 0.05) is 67.2 Å². The van der Waals surface area contributed by atoms with Crippen LogP contribution in [0.3, 0.4) is 0 Å². The van der Waals surface area contributed by atoms with Crippen molar-refractivity contribution in [2.75, 3.05) is 19.6 Å². The van der Waals surface area contributed by atoms with E-state index in [9.17, 15) is 10.5 Å². The molecule has 4 fully saturated rings. The van der Waals surface area contributed by atoms with Crippen LogP contribution in [-0.4, -0.2) is 22.2 Å². The van der Waals surface area contributed by atoms with E-state index in [1.807, 2.05) is 48.5 Å². The van der Waals surface area contributed by atoms with Crippen LogP contribution in [0, 0.1) is 35.8 Å². The summed E-state index contributed by atoms with van der Waals surface area (Å²) in [4.78, 5) is 18.2. The molecular weight excluding hydrogens is 1310 g/mol. The van der Waals surface area contributed by atoms with Gasteiger partial charge in [0.25, 0.3) is 0 Å². The zero-order valence-corrected chi connectivity index (χ0v) is 63.5. The molecule has 8 heteroatoms. The van der Waals surface area contributed by atoms with E-state index >= 15 is 0 Å². The van der Waals surface area contributed by atoms with Gasteiger partial charge in [-0.15, -0.1) is 0 Å². The van der Waals surface area contributed by atoms with Crippen LogP contribution in [-0.2, 0) is 21.7 Å². The molecule has 20 rings (SSSR count). The number of anilines is 8. The van der Waals surface area contributed by atoms with E-state index in [2.05, 4.69) is 255 Å². The molecule has 0 saturated heterocycles. The van der Waals surface area contributed by atoms with Crippen molar-refractivity contribution >= 4 is 89.2 Å². The molecule has 12 aromatic rings. The summed E-state index contributed by atoms with van der Waals surface area (Å²) in [6, 6.07) is 83.1. The van der Waals surface area contributed by atoms with Crippen molar-refractivity contribution in [3.63, 3.8) is 0 Å². The molecule has 0 amide bonds. The molecule has 8 atom stereocenters. The van der Waals surface area contributed by atoms with Crippen molar-refractivity contribution in [3.05, 3.63) is 262 Å². The Hall–Kier alpha value is -11.2. The number of hydrogen-bond donors (Lipinski definition) is 0. The van der Waals surface area contributed by atoms with Crippen molar-refractivity contribution in [1.29, 1.82) is 10.5 Å². The summed E-state index contributed by atoms with van der Waals surface area (Å²) in [7, 11) is 0. The topological polar surface area (TPSA) is 69.3 Å². The van der Waals surface area contributed by atoms with Gasteiger partial charge in [-0.25, -0.2) is 9.69 Å². The van der Waals surface area contributed by atoms with Crippen molar-refractivity contribution in [2.45, 2.75) is 202 Å². The lowest BCUT2D eigenvalue weighted by Crippen LogP contribution is -2.54. The lowest BCUT2D eigenvalue weighted by molar-refractivity contribution is 0.195. The van der Waals surface area contributed by atoms with Crippen LogP contribution in [0.2, 0.25) is 0 Å². The van der Waals surface area contributed by atoms with Crippen LogP contribution in [0.15, 0.2) is 206 Å². The average molecular weight is 1400 g/mol. The summed E-state index contributed by atoms with van der Waals surface area (Å²) in [6.07, 6.45) is 18.0. The standard InChI is InChI=1S/C100H90N8/c1-93-47-11-15-51-97(93,5)105(71-31-19-63(61-101)20-32-71)87-43-23-65(55-83(87)93)79-59-81(67-25-45-89-85(57-67)95(3)49-13-17-53-99(95,7)107(89)73-35-27-69(103-9)28-36-73)77-41-42-78-82(68-26-46-90-86(58-68)96(4)50-14-18-54-100(96,8)108(90)74-37-29-70(104-10)30-38-74)60-80(76-40-39-75(79)91(77)92(76)78)66-24-44-88-84(56-66)94(2)48-12-16-52-98(94,6)106(88)72-33-21-64(62-102)22-34-72/h19-46,55-60H,11-18,47-54H2,1-8H3. The lowest BCUT2D eigenvalue weighted by atomic mass is 9.61. The fraction of sp³-hybridized carbons (Fsp3) is 0.320. The van der Waals surface area contributed by atoms with Crippen LogP contribution >= 0.6 is 0 Å². The van der Waals surface area contributed by atoms with Gasteiger partial charge in [-0.1, -0.05) is 152 Å². The Labute approximate surface area is 636 Å². The van der Waals surface area contributed by atoms with E-state index in [4.69, 9.17) is 13.1 Å². The Kier molecular flexibility index (Phi) is 14.2. The molecule has 8 nitrogen and oxygen atoms in total. The molecule has 530 valence electrons. The lowest BCUT2D eigenvalue weighted by Gasteiger charge is -2.50. The maximum atomic E-state index is 10.0. The Bertz CT molecular complexity index is 5280. The Morgan fingerprint density at radius 1 is 0.287 bits per heavy atom. The minimum absolute atomic E-state index is 0.155. The fourth-order valence-corrected chi connectivity index (χ4v) is 23.9. The minimum atomic E-state index is -0.192. The second kappa shape index (κ2) is 23.2. The summed E-state index contributed by atoms with van der Waals surface area (Å²) in [5.74, 6) is 0. The van der Waals surface area contributed by atoms with Crippen LogP contribution in [0.25, 0.3) is 86.5 Å². The molecule has 12 aromatic carbocycles. The van der Waals surface area contributed by atoms with E-state index in [1.165, 1.54) is 160 Å². The first-order chi connectivity index (χ1) is 52.3. The largest absolute Gasteiger partial charge is 0.335 e. The molecule has 0 aromatic heterocycles. The monoisotopic (exact) mass is 1400 g/mol. The summed E-state index contributed by atoms with van der Waals surface area (Å²) >= 11 is 0. The molecule has 4 saturated carbocycles. The molecule has 8 unspecified atom stereocenters. The predicted molar refractivity (Wildman–Crippen MR) is 445 cm³/mol. The number of hydrogen-bond acceptors (Lipinski definition) is 6. The third-order valence-electron chi connectivity index (χ3n) is 30.5. The highest BCUT2D eigenvalue weighted by atomic mass is 15.3. The van der Waals surface area contributed by atoms with Crippen LogP contribution < -0.4 is 19.6 Å². The van der Waals surface area contributed by atoms with Crippen molar-refractivity contribution < 1.29 is 0 Å². The van der Waals surface area contributed by atoms with Crippen LogP contribution in [0.1, 0.15) is 192 Å². The highest BCUT2D eigenvalue weighted by molar-refractivity contribution is 6.32. The summed E-state index contributed by atoms with van der Waals surface area (Å²) < 4.78 is 0. The predicted octanol–water partition coefficient (Wildman–Crippen LogP) is 27.1. The number of nitriles is 2. The molecule has 0 bridgehead atoms. The van der Waals surface area contributed by atoms with Gasteiger partial charge in [0.15, 0.2) is 11.4 Å². The van der Waals surface area contributed by atoms with E-state index in [-0.39, 0.29) is 43.8 Å². The third-order valence-corrected chi connectivity index (χ3v) is 30.5. The van der Waals surface area contributed by atoms with Gasteiger partial charge in [-0.2, -0.15) is 10.5 Å². The van der Waals surface area contributed by atoms with Gasteiger partial charge in [-0.3, -0.25) is 0 Å². The molecule has 108 heavy (non-hydrogen) atoms. The van der Waals surface area contributed by atoms with E-state index in [0.29, 0.717) is 22.5 Å². The van der Waals surface area contributed by atoms with E-state index in [0.717, 1.165) is 87.0 Å². The zero-order valence-electron chi connectivity index (χ0n) is 63.5. The summed E-state index contributed by atoms with van der Waals surface area (Å²) in [5, 5.41) is 27.6. The Balaban J connectivity index is 0.866. The first kappa shape index (κ1) is 66.3. The maximum absolute atomic E-state index is 10.0. The molecule has 4 aliphatic carbocycles. The van der Waals surface area contributed by atoms with E-state index in [1.54, 1.807) is 0 Å². The maximum Gasteiger partial charge on any atom is 0.187 e.